The highest BCUT2D eigenvalue weighted by Gasteiger charge is 2.37. The van der Waals surface area contributed by atoms with Gasteiger partial charge in [-0.1, -0.05) is 30.0 Å². The van der Waals surface area contributed by atoms with E-state index in [9.17, 15) is 18.0 Å². The summed E-state index contributed by atoms with van der Waals surface area (Å²) in [6, 6.07) is 11.4. The summed E-state index contributed by atoms with van der Waals surface area (Å²) in [6.45, 7) is 0. The third-order valence-corrected chi connectivity index (χ3v) is 4.14. The van der Waals surface area contributed by atoms with Crippen LogP contribution < -0.4 is 5.32 Å². The maximum absolute atomic E-state index is 13.5. The fourth-order valence-corrected chi connectivity index (χ4v) is 2.88. The average Bonchev–Trinajstić information content (AvgIpc) is 3.06. The van der Waals surface area contributed by atoms with Crippen LogP contribution >= 0.6 is 11.8 Å². The first-order chi connectivity index (χ1) is 12.4. The van der Waals surface area contributed by atoms with Crippen LogP contribution in [0.5, 0.6) is 0 Å². The van der Waals surface area contributed by atoms with Gasteiger partial charge in [-0.2, -0.15) is 0 Å². The van der Waals surface area contributed by atoms with E-state index in [1.165, 1.54) is 24.5 Å². The number of amides is 1. The van der Waals surface area contributed by atoms with Crippen molar-refractivity contribution in [3.8, 4) is 11.4 Å². The van der Waals surface area contributed by atoms with Gasteiger partial charge < -0.3 is 5.32 Å². The Morgan fingerprint density at radius 2 is 1.77 bits per heavy atom. The third-order valence-electron chi connectivity index (χ3n) is 3.22. The number of para-hydroxylation sites is 1. The molecule has 1 aromatic carbocycles. The lowest BCUT2D eigenvalue weighted by Crippen LogP contribution is -2.20. The lowest BCUT2D eigenvalue weighted by atomic mass is 10.2. The Morgan fingerprint density at radius 3 is 2.42 bits per heavy atom. The van der Waals surface area contributed by atoms with Crippen molar-refractivity contribution in [2.24, 2.45) is 0 Å². The molecule has 2 heterocycles. The highest BCUT2D eigenvalue weighted by molar-refractivity contribution is 7.99. The minimum Gasteiger partial charge on any atom is -0.325 e. The van der Waals surface area contributed by atoms with E-state index < -0.39 is 17.4 Å². The highest BCUT2D eigenvalue weighted by atomic mass is 32.2. The first-order valence-electron chi connectivity index (χ1n) is 7.36. The first-order valence-corrected chi connectivity index (χ1v) is 8.34. The summed E-state index contributed by atoms with van der Waals surface area (Å²) in [7, 11) is 0. The summed E-state index contributed by atoms with van der Waals surface area (Å²) in [5, 5.41) is 9.41. The molecule has 0 bridgehead atoms. The van der Waals surface area contributed by atoms with Gasteiger partial charge in [0.1, 0.15) is 0 Å². The second-order valence-corrected chi connectivity index (χ2v) is 5.99. The number of carbonyl (C=O) groups excluding carboxylic acids is 1. The Hall–Kier alpha value is -2.88. The lowest BCUT2D eigenvalue weighted by molar-refractivity contribution is -0.208. The van der Waals surface area contributed by atoms with E-state index in [2.05, 4.69) is 20.5 Å². The SMILES string of the molecule is O=C(CSc1nnc(-c2ccncc2)n1C(F)(F)F)Nc1ccccc1. The van der Waals surface area contributed by atoms with Crippen LogP contribution in [0.1, 0.15) is 0 Å². The maximum Gasteiger partial charge on any atom is 0.492 e. The standard InChI is InChI=1S/C16H12F3N5OS/c17-16(18,19)24-14(11-6-8-20-9-7-11)22-23-15(24)26-10-13(25)21-12-4-2-1-3-5-12/h1-9H,10H2,(H,21,25). The summed E-state index contributed by atoms with van der Waals surface area (Å²) in [4.78, 5) is 15.7. The predicted molar refractivity (Wildman–Crippen MR) is 90.3 cm³/mol. The minimum absolute atomic E-state index is 0.0583. The van der Waals surface area contributed by atoms with Crippen molar-refractivity contribution in [2.45, 2.75) is 11.5 Å². The number of carbonyl (C=O) groups is 1. The van der Waals surface area contributed by atoms with Crippen LogP contribution in [0.3, 0.4) is 0 Å². The van der Waals surface area contributed by atoms with Crippen molar-refractivity contribution in [1.29, 1.82) is 0 Å². The fraction of sp³-hybridized carbons (Fsp3) is 0.125. The number of aromatic nitrogens is 4. The van der Waals surface area contributed by atoms with Gasteiger partial charge in [0, 0.05) is 23.6 Å². The number of thioether (sulfide) groups is 1. The molecule has 26 heavy (non-hydrogen) atoms. The van der Waals surface area contributed by atoms with E-state index in [1.807, 2.05) is 0 Å². The van der Waals surface area contributed by atoms with Crippen molar-refractivity contribution in [3.05, 3.63) is 54.9 Å². The number of hydrogen-bond donors (Lipinski definition) is 1. The normalized spacial score (nSPS) is 11.3. The van der Waals surface area contributed by atoms with E-state index in [0.717, 1.165) is 0 Å². The summed E-state index contributed by atoms with van der Waals surface area (Å²) in [5.74, 6) is -1.03. The molecule has 134 valence electrons. The summed E-state index contributed by atoms with van der Waals surface area (Å²) in [6.07, 6.45) is -1.99. The molecule has 0 unspecified atom stereocenters. The molecule has 2 aromatic heterocycles. The molecule has 0 aliphatic rings. The van der Waals surface area contributed by atoms with Gasteiger partial charge in [0.15, 0.2) is 11.0 Å². The smallest absolute Gasteiger partial charge is 0.325 e. The zero-order chi connectivity index (χ0) is 18.6. The molecular formula is C16H12F3N5OS. The summed E-state index contributed by atoms with van der Waals surface area (Å²) >= 11 is 0.658. The van der Waals surface area contributed by atoms with E-state index in [0.29, 0.717) is 17.4 Å². The van der Waals surface area contributed by atoms with Gasteiger partial charge >= 0.3 is 6.30 Å². The van der Waals surface area contributed by atoms with Crippen molar-refractivity contribution in [3.63, 3.8) is 0 Å². The van der Waals surface area contributed by atoms with Crippen molar-refractivity contribution in [1.82, 2.24) is 19.7 Å². The molecule has 0 atom stereocenters. The number of anilines is 1. The quantitative estimate of drug-likeness (QED) is 0.687. The average molecular weight is 379 g/mol. The number of nitrogens with one attached hydrogen (secondary N) is 1. The number of rotatable bonds is 5. The summed E-state index contributed by atoms with van der Waals surface area (Å²) in [5.41, 5.74) is 0.790. The number of benzene rings is 1. The van der Waals surface area contributed by atoms with Crippen LogP contribution in [0.25, 0.3) is 11.4 Å². The molecule has 0 saturated carbocycles. The number of hydrogen-bond acceptors (Lipinski definition) is 5. The molecule has 0 aliphatic heterocycles. The van der Waals surface area contributed by atoms with E-state index in [-0.39, 0.29) is 21.7 Å². The van der Waals surface area contributed by atoms with Crippen LogP contribution in [-0.2, 0) is 11.1 Å². The molecule has 3 aromatic rings. The van der Waals surface area contributed by atoms with Gasteiger partial charge in [-0.3, -0.25) is 9.78 Å². The van der Waals surface area contributed by atoms with Crippen LogP contribution in [0.2, 0.25) is 0 Å². The Bertz CT molecular complexity index is 884. The highest BCUT2D eigenvalue weighted by Crippen LogP contribution is 2.33. The van der Waals surface area contributed by atoms with Crippen molar-refractivity contribution in [2.75, 3.05) is 11.1 Å². The van der Waals surface area contributed by atoms with Gasteiger partial charge in [0.25, 0.3) is 0 Å². The molecule has 0 radical (unpaired) electrons. The molecule has 1 amide bonds. The maximum atomic E-state index is 13.5. The van der Waals surface area contributed by atoms with Crippen LogP contribution in [-0.4, -0.2) is 31.4 Å². The second kappa shape index (κ2) is 7.56. The minimum atomic E-state index is -4.72. The molecule has 0 spiro atoms. The van der Waals surface area contributed by atoms with Gasteiger partial charge in [-0.25, -0.2) is 4.57 Å². The molecule has 10 heteroatoms. The predicted octanol–water partition coefficient (Wildman–Crippen LogP) is 3.55. The second-order valence-electron chi connectivity index (χ2n) is 5.05. The number of pyridine rings is 1. The van der Waals surface area contributed by atoms with Gasteiger partial charge in [-0.05, 0) is 24.3 Å². The van der Waals surface area contributed by atoms with E-state index in [1.54, 1.807) is 30.3 Å². The molecular weight excluding hydrogens is 367 g/mol. The summed E-state index contributed by atoms with van der Waals surface area (Å²) < 4.78 is 40.4. The number of alkyl halides is 3. The monoisotopic (exact) mass is 379 g/mol. The Kier molecular flexibility index (Phi) is 5.21. The molecule has 1 N–H and O–H groups in total. The molecule has 0 saturated heterocycles. The van der Waals surface area contributed by atoms with Gasteiger partial charge in [-0.15, -0.1) is 23.4 Å². The van der Waals surface area contributed by atoms with Crippen LogP contribution in [0, 0.1) is 0 Å². The lowest BCUT2D eigenvalue weighted by Gasteiger charge is -2.13. The molecule has 0 aliphatic carbocycles. The topological polar surface area (TPSA) is 72.7 Å². The van der Waals surface area contributed by atoms with Crippen LogP contribution in [0.4, 0.5) is 18.9 Å². The Balaban J connectivity index is 1.78. The van der Waals surface area contributed by atoms with Crippen molar-refractivity contribution >= 4 is 23.4 Å². The van der Waals surface area contributed by atoms with E-state index in [4.69, 9.17) is 0 Å². The zero-order valence-electron chi connectivity index (χ0n) is 13.1. The number of nitrogens with zero attached hydrogens (tertiary/aromatic N) is 4. The largest absolute Gasteiger partial charge is 0.492 e. The van der Waals surface area contributed by atoms with Crippen molar-refractivity contribution < 1.29 is 18.0 Å². The molecule has 6 nitrogen and oxygen atoms in total. The van der Waals surface area contributed by atoms with Gasteiger partial charge in [0.05, 0.1) is 5.75 Å². The fourth-order valence-electron chi connectivity index (χ4n) is 2.13. The third kappa shape index (κ3) is 4.20. The first kappa shape index (κ1) is 17.9. The Labute approximate surface area is 150 Å². The zero-order valence-corrected chi connectivity index (χ0v) is 14.0. The van der Waals surface area contributed by atoms with E-state index >= 15 is 0 Å². The van der Waals surface area contributed by atoms with Crippen LogP contribution in [0.15, 0.2) is 60.0 Å². The van der Waals surface area contributed by atoms with Gasteiger partial charge in [0.2, 0.25) is 5.91 Å². The molecule has 0 fully saturated rings. The molecule has 3 rings (SSSR count). The number of halogens is 3. The Morgan fingerprint density at radius 1 is 1.08 bits per heavy atom.